The van der Waals surface area contributed by atoms with Gasteiger partial charge in [0.15, 0.2) is 5.65 Å². The first-order valence-electron chi connectivity index (χ1n) is 8.76. The van der Waals surface area contributed by atoms with Crippen LogP contribution in [0.2, 0.25) is 5.02 Å². The fourth-order valence-corrected chi connectivity index (χ4v) is 3.96. The summed E-state index contributed by atoms with van der Waals surface area (Å²) in [5.41, 5.74) is 0.787. The number of fused-ring (bicyclic) bond motifs is 1. The van der Waals surface area contributed by atoms with Gasteiger partial charge in [0.05, 0.1) is 5.02 Å². The van der Waals surface area contributed by atoms with Gasteiger partial charge in [0, 0.05) is 38.3 Å². The van der Waals surface area contributed by atoms with Crippen LogP contribution >= 0.6 is 11.6 Å². The monoisotopic (exact) mass is 347 g/mol. The fourth-order valence-electron chi connectivity index (χ4n) is 3.80. The number of nitrogens with zero attached hydrogens (tertiary/aromatic N) is 5. The van der Waals surface area contributed by atoms with Crippen molar-refractivity contribution in [1.29, 1.82) is 0 Å². The van der Waals surface area contributed by atoms with Crippen LogP contribution in [0.5, 0.6) is 0 Å². The van der Waals surface area contributed by atoms with Gasteiger partial charge in [0.2, 0.25) is 11.9 Å². The summed E-state index contributed by atoms with van der Waals surface area (Å²) >= 11 is 6.09. The molecule has 3 heterocycles. The van der Waals surface area contributed by atoms with Crippen molar-refractivity contribution in [3.63, 3.8) is 0 Å². The highest BCUT2D eigenvalue weighted by molar-refractivity contribution is 6.30. The number of hydrogen-bond acceptors (Lipinski definition) is 4. The summed E-state index contributed by atoms with van der Waals surface area (Å²) in [6, 6.07) is 3.68. The lowest BCUT2D eigenvalue weighted by Gasteiger charge is -2.37. The van der Waals surface area contributed by atoms with Crippen molar-refractivity contribution >= 4 is 29.1 Å². The topological polar surface area (TPSA) is 53.7 Å². The van der Waals surface area contributed by atoms with Crippen LogP contribution in [0.3, 0.4) is 0 Å². The average Bonchev–Trinajstić information content (AvgIpc) is 3.05. The Labute approximate surface area is 146 Å². The Hall–Kier alpha value is -1.82. The first-order valence-corrected chi connectivity index (χ1v) is 9.14. The van der Waals surface area contributed by atoms with Gasteiger partial charge in [-0.3, -0.25) is 9.20 Å². The molecule has 2 fully saturated rings. The van der Waals surface area contributed by atoms with Crippen LogP contribution in [0, 0.1) is 5.92 Å². The molecular formula is C17H22ClN5O. The average molecular weight is 348 g/mol. The zero-order valence-electron chi connectivity index (χ0n) is 13.7. The Kier molecular flexibility index (Phi) is 4.31. The molecule has 0 radical (unpaired) electrons. The highest BCUT2D eigenvalue weighted by Gasteiger charge is 2.29. The Bertz CT molecular complexity index is 732. The van der Waals surface area contributed by atoms with E-state index in [1.54, 1.807) is 0 Å². The van der Waals surface area contributed by atoms with Gasteiger partial charge >= 0.3 is 0 Å². The molecule has 2 aromatic heterocycles. The minimum atomic E-state index is 0.248. The number of rotatable bonds is 2. The van der Waals surface area contributed by atoms with E-state index in [0.29, 0.717) is 10.9 Å². The van der Waals surface area contributed by atoms with Crippen LogP contribution in [-0.4, -0.2) is 51.6 Å². The zero-order chi connectivity index (χ0) is 16.5. The van der Waals surface area contributed by atoms with E-state index in [4.69, 9.17) is 11.6 Å². The van der Waals surface area contributed by atoms with E-state index in [2.05, 4.69) is 15.1 Å². The molecule has 0 N–H and O–H groups in total. The summed E-state index contributed by atoms with van der Waals surface area (Å²) in [7, 11) is 0. The lowest BCUT2D eigenvalue weighted by molar-refractivity contribution is -0.136. The van der Waals surface area contributed by atoms with Crippen molar-refractivity contribution in [2.45, 2.75) is 32.1 Å². The molecule has 24 heavy (non-hydrogen) atoms. The molecule has 7 heteroatoms. The van der Waals surface area contributed by atoms with Gasteiger partial charge in [-0.2, -0.15) is 0 Å². The molecule has 0 spiro atoms. The van der Waals surface area contributed by atoms with Gasteiger partial charge < -0.3 is 9.80 Å². The van der Waals surface area contributed by atoms with Gasteiger partial charge in [0.25, 0.3) is 0 Å². The molecule has 6 nitrogen and oxygen atoms in total. The first-order chi connectivity index (χ1) is 11.7. The first kappa shape index (κ1) is 15.7. The number of carbonyl (C=O) groups excluding carboxylic acids is 1. The number of carbonyl (C=O) groups is 1. The third-order valence-corrected chi connectivity index (χ3v) is 5.40. The molecule has 1 aliphatic heterocycles. The van der Waals surface area contributed by atoms with Gasteiger partial charge in [-0.15, -0.1) is 10.2 Å². The molecule has 1 aliphatic carbocycles. The third-order valence-electron chi connectivity index (χ3n) is 5.18. The maximum atomic E-state index is 12.7. The third kappa shape index (κ3) is 2.95. The Morgan fingerprint density at radius 3 is 2.54 bits per heavy atom. The molecule has 128 valence electrons. The molecule has 0 bridgehead atoms. The standard InChI is InChI=1S/C17H22ClN5O/c18-14-6-7-15-19-20-17(23(15)12-14)22-10-8-21(9-11-22)16(24)13-4-2-1-3-5-13/h6-7,12-13H,1-5,8-11H2. The number of amides is 1. The maximum Gasteiger partial charge on any atom is 0.231 e. The Morgan fingerprint density at radius 2 is 1.79 bits per heavy atom. The molecule has 1 amide bonds. The predicted molar refractivity (Wildman–Crippen MR) is 93.4 cm³/mol. The van der Waals surface area contributed by atoms with Crippen LogP contribution in [0.15, 0.2) is 18.3 Å². The number of piperazine rings is 1. The SMILES string of the molecule is O=C(C1CCCCC1)N1CCN(c2nnc3ccc(Cl)cn23)CC1. The Balaban J connectivity index is 1.43. The number of aromatic nitrogens is 3. The molecular weight excluding hydrogens is 326 g/mol. The van der Waals surface area contributed by atoms with Crippen molar-refractivity contribution < 1.29 is 4.79 Å². The van der Waals surface area contributed by atoms with Gasteiger partial charge in [0.1, 0.15) is 0 Å². The predicted octanol–water partition coefficient (Wildman–Crippen LogP) is 2.61. The van der Waals surface area contributed by atoms with Crippen LogP contribution < -0.4 is 4.90 Å². The van der Waals surface area contributed by atoms with E-state index >= 15 is 0 Å². The van der Waals surface area contributed by atoms with Crippen LogP contribution in [-0.2, 0) is 4.79 Å². The number of hydrogen-bond donors (Lipinski definition) is 0. The van der Waals surface area contributed by atoms with Crippen molar-refractivity contribution in [2.75, 3.05) is 31.1 Å². The van der Waals surface area contributed by atoms with Gasteiger partial charge in [-0.1, -0.05) is 30.9 Å². The van der Waals surface area contributed by atoms with Gasteiger partial charge in [-0.05, 0) is 25.0 Å². The second-order valence-electron chi connectivity index (χ2n) is 6.72. The quantitative estimate of drug-likeness (QED) is 0.838. The summed E-state index contributed by atoms with van der Waals surface area (Å²) < 4.78 is 1.92. The zero-order valence-corrected chi connectivity index (χ0v) is 14.5. The van der Waals surface area contributed by atoms with E-state index < -0.39 is 0 Å². The van der Waals surface area contributed by atoms with E-state index in [-0.39, 0.29) is 5.92 Å². The molecule has 0 aromatic carbocycles. The second-order valence-corrected chi connectivity index (χ2v) is 7.16. The summed E-state index contributed by atoms with van der Waals surface area (Å²) in [6.45, 7) is 3.08. The van der Waals surface area contributed by atoms with E-state index in [1.165, 1.54) is 19.3 Å². The van der Waals surface area contributed by atoms with Crippen molar-refractivity contribution in [3.05, 3.63) is 23.4 Å². The van der Waals surface area contributed by atoms with Crippen LogP contribution in [0.25, 0.3) is 5.65 Å². The fraction of sp³-hybridized carbons (Fsp3) is 0.588. The summed E-state index contributed by atoms with van der Waals surface area (Å²) in [5.74, 6) is 1.40. The molecule has 4 rings (SSSR count). The van der Waals surface area contributed by atoms with Crippen LogP contribution in [0.1, 0.15) is 32.1 Å². The number of halogens is 1. The maximum absolute atomic E-state index is 12.7. The van der Waals surface area contributed by atoms with E-state index in [9.17, 15) is 4.79 Å². The normalized spacial score (nSPS) is 19.9. The number of pyridine rings is 1. The lowest BCUT2D eigenvalue weighted by Crippen LogP contribution is -2.51. The van der Waals surface area contributed by atoms with E-state index in [0.717, 1.165) is 50.6 Å². The molecule has 1 saturated heterocycles. The summed E-state index contributed by atoms with van der Waals surface area (Å²) in [5, 5.41) is 9.15. The minimum absolute atomic E-state index is 0.248. The number of anilines is 1. The molecule has 0 unspecified atom stereocenters. The second kappa shape index (κ2) is 6.59. The summed E-state index contributed by atoms with van der Waals surface area (Å²) in [6.07, 6.45) is 7.64. The lowest BCUT2D eigenvalue weighted by atomic mass is 9.88. The van der Waals surface area contributed by atoms with Crippen molar-refractivity contribution in [1.82, 2.24) is 19.5 Å². The smallest absolute Gasteiger partial charge is 0.231 e. The highest BCUT2D eigenvalue weighted by Crippen LogP contribution is 2.26. The molecule has 1 saturated carbocycles. The molecule has 0 atom stereocenters. The van der Waals surface area contributed by atoms with Gasteiger partial charge in [-0.25, -0.2) is 0 Å². The molecule has 2 aliphatic rings. The van der Waals surface area contributed by atoms with Crippen molar-refractivity contribution in [2.24, 2.45) is 5.92 Å². The van der Waals surface area contributed by atoms with E-state index in [1.807, 2.05) is 27.6 Å². The largest absolute Gasteiger partial charge is 0.339 e. The Morgan fingerprint density at radius 1 is 1.04 bits per heavy atom. The molecule has 2 aromatic rings. The minimum Gasteiger partial charge on any atom is -0.339 e. The van der Waals surface area contributed by atoms with Crippen molar-refractivity contribution in [3.8, 4) is 0 Å². The highest BCUT2D eigenvalue weighted by atomic mass is 35.5. The summed E-state index contributed by atoms with van der Waals surface area (Å²) in [4.78, 5) is 16.9. The van der Waals surface area contributed by atoms with Crippen LogP contribution in [0.4, 0.5) is 5.95 Å².